The number of ether oxygens (including phenoxy) is 2. The number of hydrogen-bond donors (Lipinski definition) is 1. The van der Waals surface area contributed by atoms with E-state index in [9.17, 15) is 0 Å². The molecular weight excluding hydrogens is 312 g/mol. The third kappa shape index (κ3) is 3.02. The van der Waals surface area contributed by atoms with Gasteiger partial charge in [-0.1, -0.05) is 5.10 Å². The highest BCUT2D eigenvalue weighted by molar-refractivity contribution is 7.17. The van der Waals surface area contributed by atoms with Gasteiger partial charge in [0.2, 0.25) is 0 Å². The fourth-order valence-electron chi connectivity index (χ4n) is 2.43. The zero-order chi connectivity index (χ0) is 16.4. The normalized spacial score (nSPS) is 12.5. The minimum Gasteiger partial charge on any atom is -0.494 e. The largest absolute Gasteiger partial charge is 0.494 e. The Morgan fingerprint density at radius 3 is 2.83 bits per heavy atom. The molecule has 1 aromatic carbocycles. The average molecular weight is 332 g/mol. The molecule has 0 saturated carbocycles. The quantitative estimate of drug-likeness (QED) is 0.744. The summed E-state index contributed by atoms with van der Waals surface area (Å²) >= 11 is 1.61. The standard InChI is InChI=1S/C16H20N4O2S/c1-4-20-15(10(3)17)18-19-16(20)22-13-9-23-14-8-11(21-5-2)6-7-12(13)14/h6-10H,4-5,17H2,1-3H3/t10-/m1/s1. The van der Waals surface area contributed by atoms with Gasteiger partial charge in [0.05, 0.1) is 12.6 Å². The fourth-order valence-corrected chi connectivity index (χ4v) is 3.32. The first-order valence-electron chi connectivity index (χ1n) is 7.64. The summed E-state index contributed by atoms with van der Waals surface area (Å²) in [6.07, 6.45) is 0. The van der Waals surface area contributed by atoms with Crippen LogP contribution >= 0.6 is 11.3 Å². The van der Waals surface area contributed by atoms with Crippen LogP contribution in [0, 0.1) is 0 Å². The maximum atomic E-state index is 5.99. The molecule has 0 amide bonds. The molecule has 0 fully saturated rings. The second-order valence-electron chi connectivity index (χ2n) is 5.17. The van der Waals surface area contributed by atoms with E-state index in [1.807, 2.05) is 48.9 Å². The molecule has 3 aromatic rings. The Morgan fingerprint density at radius 1 is 1.30 bits per heavy atom. The van der Waals surface area contributed by atoms with Gasteiger partial charge in [-0.15, -0.1) is 16.4 Å². The highest BCUT2D eigenvalue weighted by atomic mass is 32.1. The van der Waals surface area contributed by atoms with Crippen molar-refractivity contribution in [1.82, 2.24) is 14.8 Å². The van der Waals surface area contributed by atoms with Crippen molar-refractivity contribution in [2.45, 2.75) is 33.4 Å². The zero-order valence-electron chi connectivity index (χ0n) is 13.4. The van der Waals surface area contributed by atoms with Crippen LogP contribution in [0.5, 0.6) is 17.5 Å². The summed E-state index contributed by atoms with van der Waals surface area (Å²) in [7, 11) is 0. The Labute approximate surface area is 138 Å². The molecule has 2 heterocycles. The molecule has 1 atom stereocenters. The van der Waals surface area contributed by atoms with Crippen LogP contribution in [0.2, 0.25) is 0 Å². The minimum absolute atomic E-state index is 0.187. The summed E-state index contributed by atoms with van der Waals surface area (Å²) < 4.78 is 14.5. The van der Waals surface area contributed by atoms with E-state index in [4.69, 9.17) is 15.2 Å². The van der Waals surface area contributed by atoms with Gasteiger partial charge in [0.1, 0.15) is 11.5 Å². The smallest absolute Gasteiger partial charge is 0.322 e. The molecule has 23 heavy (non-hydrogen) atoms. The van der Waals surface area contributed by atoms with E-state index in [0.29, 0.717) is 19.2 Å². The van der Waals surface area contributed by atoms with Gasteiger partial charge in [-0.25, -0.2) is 0 Å². The molecule has 6 nitrogen and oxygen atoms in total. The molecule has 2 aromatic heterocycles. The van der Waals surface area contributed by atoms with Gasteiger partial charge in [-0.05, 0) is 39.0 Å². The van der Waals surface area contributed by atoms with Crippen LogP contribution in [0.4, 0.5) is 0 Å². The Kier molecular flexibility index (Phi) is 4.49. The predicted molar refractivity (Wildman–Crippen MR) is 91.4 cm³/mol. The molecule has 0 aliphatic carbocycles. The first-order valence-corrected chi connectivity index (χ1v) is 8.52. The molecule has 0 unspecified atom stereocenters. The zero-order valence-corrected chi connectivity index (χ0v) is 14.3. The first-order chi connectivity index (χ1) is 11.1. The first kappa shape index (κ1) is 15.8. The molecule has 0 saturated heterocycles. The molecule has 122 valence electrons. The Bertz CT molecular complexity index is 810. The maximum absolute atomic E-state index is 5.99. The van der Waals surface area contributed by atoms with Crippen molar-refractivity contribution >= 4 is 21.4 Å². The number of thiophene rings is 1. The molecule has 7 heteroatoms. The fraction of sp³-hybridized carbons (Fsp3) is 0.375. The molecule has 0 spiro atoms. The lowest BCUT2D eigenvalue weighted by Gasteiger charge is -2.09. The summed E-state index contributed by atoms with van der Waals surface area (Å²) in [5.74, 6) is 2.36. The van der Waals surface area contributed by atoms with Crippen molar-refractivity contribution in [3.05, 3.63) is 29.4 Å². The molecular formula is C16H20N4O2S. The highest BCUT2D eigenvalue weighted by Crippen LogP contribution is 2.37. The maximum Gasteiger partial charge on any atom is 0.322 e. The Balaban J connectivity index is 1.93. The van der Waals surface area contributed by atoms with E-state index >= 15 is 0 Å². The second-order valence-corrected chi connectivity index (χ2v) is 6.08. The number of benzene rings is 1. The third-order valence-corrected chi connectivity index (χ3v) is 4.42. The highest BCUT2D eigenvalue weighted by Gasteiger charge is 2.17. The Morgan fingerprint density at radius 2 is 2.13 bits per heavy atom. The number of rotatable bonds is 6. The molecule has 0 radical (unpaired) electrons. The lowest BCUT2D eigenvalue weighted by molar-refractivity contribution is 0.341. The molecule has 0 bridgehead atoms. The van der Waals surface area contributed by atoms with Crippen LogP contribution in [-0.4, -0.2) is 21.4 Å². The van der Waals surface area contributed by atoms with Gasteiger partial charge < -0.3 is 15.2 Å². The summed E-state index contributed by atoms with van der Waals surface area (Å²) in [5, 5.41) is 11.3. The topological polar surface area (TPSA) is 75.2 Å². The van der Waals surface area contributed by atoms with Gasteiger partial charge in [0, 0.05) is 22.0 Å². The van der Waals surface area contributed by atoms with Gasteiger partial charge in [0.15, 0.2) is 5.82 Å². The summed E-state index contributed by atoms with van der Waals surface area (Å²) in [6.45, 7) is 7.23. The van der Waals surface area contributed by atoms with Gasteiger partial charge in [0.25, 0.3) is 0 Å². The van der Waals surface area contributed by atoms with E-state index < -0.39 is 0 Å². The number of aromatic nitrogens is 3. The van der Waals surface area contributed by atoms with Crippen molar-refractivity contribution in [2.24, 2.45) is 5.73 Å². The summed E-state index contributed by atoms with van der Waals surface area (Å²) in [4.78, 5) is 0. The van der Waals surface area contributed by atoms with Crippen molar-refractivity contribution < 1.29 is 9.47 Å². The second kappa shape index (κ2) is 6.55. The number of hydrogen-bond acceptors (Lipinski definition) is 6. The number of fused-ring (bicyclic) bond motifs is 1. The van der Waals surface area contributed by atoms with Gasteiger partial charge >= 0.3 is 6.01 Å². The van der Waals surface area contributed by atoms with Gasteiger partial charge in [-0.3, -0.25) is 4.57 Å². The SMILES string of the molecule is CCOc1ccc2c(Oc3nnc([C@@H](C)N)n3CC)csc2c1. The summed E-state index contributed by atoms with van der Waals surface area (Å²) in [6, 6.07) is 6.25. The minimum atomic E-state index is -0.187. The van der Waals surface area contributed by atoms with Crippen molar-refractivity contribution in [3.63, 3.8) is 0 Å². The van der Waals surface area contributed by atoms with Crippen molar-refractivity contribution in [1.29, 1.82) is 0 Å². The van der Waals surface area contributed by atoms with E-state index in [1.54, 1.807) is 11.3 Å². The average Bonchev–Trinajstić information content (AvgIpc) is 3.12. The lowest BCUT2D eigenvalue weighted by Crippen LogP contribution is -2.13. The van der Waals surface area contributed by atoms with Crippen LogP contribution in [0.25, 0.3) is 10.1 Å². The van der Waals surface area contributed by atoms with Crippen LogP contribution in [-0.2, 0) is 6.54 Å². The lowest BCUT2D eigenvalue weighted by atomic mass is 10.2. The predicted octanol–water partition coefficient (Wildman–Crippen LogP) is 3.72. The van der Waals surface area contributed by atoms with E-state index in [-0.39, 0.29) is 6.04 Å². The van der Waals surface area contributed by atoms with E-state index in [1.165, 1.54) is 0 Å². The van der Waals surface area contributed by atoms with E-state index in [0.717, 1.165) is 27.4 Å². The number of nitrogens with two attached hydrogens (primary N) is 1. The number of nitrogens with zero attached hydrogens (tertiary/aromatic N) is 3. The van der Waals surface area contributed by atoms with Crippen molar-refractivity contribution in [2.75, 3.05) is 6.61 Å². The third-order valence-electron chi connectivity index (χ3n) is 3.49. The monoisotopic (exact) mass is 332 g/mol. The van der Waals surface area contributed by atoms with Crippen LogP contribution in [0.15, 0.2) is 23.6 Å². The van der Waals surface area contributed by atoms with Crippen LogP contribution in [0.3, 0.4) is 0 Å². The molecule has 0 aliphatic rings. The molecule has 3 rings (SSSR count). The molecule has 2 N–H and O–H groups in total. The van der Waals surface area contributed by atoms with Crippen LogP contribution < -0.4 is 15.2 Å². The van der Waals surface area contributed by atoms with Gasteiger partial charge in [-0.2, -0.15) is 0 Å². The van der Waals surface area contributed by atoms with E-state index in [2.05, 4.69) is 10.2 Å². The summed E-state index contributed by atoms with van der Waals surface area (Å²) in [5.41, 5.74) is 5.92. The Hall–Kier alpha value is -2.12. The van der Waals surface area contributed by atoms with Crippen LogP contribution in [0.1, 0.15) is 32.6 Å². The van der Waals surface area contributed by atoms with Crippen molar-refractivity contribution in [3.8, 4) is 17.5 Å². The molecule has 0 aliphatic heterocycles.